The van der Waals surface area contributed by atoms with Gasteiger partial charge in [-0.05, 0) is 19.9 Å². The number of aliphatic carboxylic acids is 1. The molecule has 0 aliphatic carbocycles. The lowest BCUT2D eigenvalue weighted by Crippen LogP contribution is -2.40. The number of carboxylic acid groups (broad SMARTS) is 1. The summed E-state index contributed by atoms with van der Waals surface area (Å²) in [7, 11) is 1.56. The van der Waals surface area contributed by atoms with Crippen LogP contribution in [0.2, 0.25) is 0 Å². The molecule has 0 spiro atoms. The summed E-state index contributed by atoms with van der Waals surface area (Å²) in [5, 5.41) is 11.6. The van der Waals surface area contributed by atoms with Crippen LogP contribution in [0.4, 0.5) is 0 Å². The average molecular weight is 296 g/mol. The molecule has 1 amide bonds. The molecule has 0 saturated heterocycles. The van der Waals surface area contributed by atoms with Gasteiger partial charge in [-0.1, -0.05) is 0 Å². The first kappa shape index (κ1) is 16.9. The van der Waals surface area contributed by atoms with Crippen LogP contribution >= 0.6 is 0 Å². The van der Waals surface area contributed by atoms with Gasteiger partial charge in [-0.2, -0.15) is 0 Å². The largest absolute Gasteiger partial charge is 0.481 e. The second kappa shape index (κ2) is 8.21. The third-order valence-corrected chi connectivity index (χ3v) is 3.03. The van der Waals surface area contributed by atoms with Gasteiger partial charge < -0.3 is 19.9 Å². The lowest BCUT2D eigenvalue weighted by molar-refractivity contribution is -0.141. The number of ether oxygens (including phenoxy) is 2. The number of carbonyl (C=O) groups excluding carboxylic acids is 1. The third-order valence-electron chi connectivity index (χ3n) is 3.03. The van der Waals surface area contributed by atoms with Crippen molar-refractivity contribution in [2.45, 2.75) is 19.9 Å². The summed E-state index contributed by atoms with van der Waals surface area (Å²) < 4.78 is 10.2. The molecule has 2 atom stereocenters. The van der Waals surface area contributed by atoms with Gasteiger partial charge in [0, 0.05) is 31.0 Å². The maximum Gasteiger partial charge on any atom is 0.308 e. The van der Waals surface area contributed by atoms with E-state index in [1.807, 2.05) is 0 Å². The highest BCUT2D eigenvalue weighted by Gasteiger charge is 2.21. The molecule has 0 aliphatic rings. The van der Waals surface area contributed by atoms with Crippen LogP contribution in [-0.4, -0.2) is 48.3 Å². The monoisotopic (exact) mass is 296 g/mol. The summed E-state index contributed by atoms with van der Waals surface area (Å²) in [5.74, 6) is -1.68. The van der Waals surface area contributed by atoms with Crippen molar-refractivity contribution in [3.05, 3.63) is 23.9 Å². The first-order valence-corrected chi connectivity index (χ1v) is 6.57. The Morgan fingerprint density at radius 2 is 2.10 bits per heavy atom. The number of nitrogens with one attached hydrogen (secondary N) is 1. The van der Waals surface area contributed by atoms with E-state index in [1.165, 1.54) is 18.3 Å². The normalized spacial score (nSPS) is 13.3. The van der Waals surface area contributed by atoms with E-state index in [1.54, 1.807) is 21.0 Å². The minimum absolute atomic E-state index is 0.318. The van der Waals surface area contributed by atoms with Gasteiger partial charge in [0.05, 0.1) is 12.5 Å². The highest BCUT2D eigenvalue weighted by Crippen LogP contribution is 2.10. The number of carboxylic acids is 1. The standard InChI is InChI=1S/C14H20N2O5/c1-9(14(18)19)10(2)16-13(17)11-4-5-15-12(8-11)21-7-6-20-3/h4-5,8-10H,6-7H2,1-3H3,(H,16,17)(H,18,19). The summed E-state index contributed by atoms with van der Waals surface area (Å²) in [6, 6.07) is 2.56. The Morgan fingerprint density at radius 3 is 2.71 bits per heavy atom. The Labute approximate surface area is 123 Å². The molecule has 0 radical (unpaired) electrons. The van der Waals surface area contributed by atoms with Crippen LogP contribution in [0, 0.1) is 5.92 Å². The summed E-state index contributed by atoms with van der Waals surface area (Å²) >= 11 is 0. The fourth-order valence-corrected chi connectivity index (χ4v) is 1.49. The van der Waals surface area contributed by atoms with Crippen LogP contribution in [-0.2, 0) is 9.53 Å². The highest BCUT2D eigenvalue weighted by molar-refractivity contribution is 5.94. The van der Waals surface area contributed by atoms with Crippen molar-refractivity contribution in [3.8, 4) is 5.88 Å². The van der Waals surface area contributed by atoms with Crippen molar-refractivity contribution in [2.24, 2.45) is 5.92 Å². The molecule has 1 heterocycles. The zero-order chi connectivity index (χ0) is 15.8. The van der Waals surface area contributed by atoms with Crippen molar-refractivity contribution in [3.63, 3.8) is 0 Å². The van der Waals surface area contributed by atoms with Crippen LogP contribution in [0.1, 0.15) is 24.2 Å². The molecule has 7 nitrogen and oxygen atoms in total. The van der Waals surface area contributed by atoms with E-state index in [9.17, 15) is 9.59 Å². The van der Waals surface area contributed by atoms with Crippen molar-refractivity contribution in [1.29, 1.82) is 0 Å². The van der Waals surface area contributed by atoms with Gasteiger partial charge in [-0.25, -0.2) is 4.98 Å². The van der Waals surface area contributed by atoms with Crippen molar-refractivity contribution in [1.82, 2.24) is 10.3 Å². The SMILES string of the molecule is COCCOc1cc(C(=O)NC(C)C(C)C(=O)O)ccn1. The molecule has 116 valence electrons. The lowest BCUT2D eigenvalue weighted by atomic mass is 10.0. The van der Waals surface area contributed by atoms with E-state index in [0.29, 0.717) is 24.7 Å². The van der Waals surface area contributed by atoms with Crippen molar-refractivity contribution < 1.29 is 24.2 Å². The number of carbonyl (C=O) groups is 2. The van der Waals surface area contributed by atoms with Crippen molar-refractivity contribution in [2.75, 3.05) is 20.3 Å². The molecule has 0 bridgehead atoms. The lowest BCUT2D eigenvalue weighted by Gasteiger charge is -2.17. The second-order valence-corrected chi connectivity index (χ2v) is 4.61. The topological polar surface area (TPSA) is 97.8 Å². The molecule has 0 aromatic carbocycles. The summed E-state index contributed by atoms with van der Waals surface area (Å²) in [5.41, 5.74) is 0.363. The van der Waals surface area contributed by atoms with Gasteiger partial charge in [0.25, 0.3) is 5.91 Å². The van der Waals surface area contributed by atoms with Gasteiger partial charge >= 0.3 is 5.97 Å². The highest BCUT2D eigenvalue weighted by atomic mass is 16.5. The fourth-order valence-electron chi connectivity index (χ4n) is 1.49. The van der Waals surface area contributed by atoms with E-state index >= 15 is 0 Å². The molecule has 1 aromatic heterocycles. The predicted octanol–water partition coefficient (Wildman–Crippen LogP) is 0.946. The Bertz CT molecular complexity index is 492. The first-order valence-electron chi connectivity index (χ1n) is 6.57. The molecule has 2 unspecified atom stereocenters. The van der Waals surface area contributed by atoms with E-state index in [2.05, 4.69) is 10.3 Å². The average Bonchev–Trinajstić information content (AvgIpc) is 2.46. The maximum absolute atomic E-state index is 12.1. The Morgan fingerprint density at radius 1 is 1.38 bits per heavy atom. The first-order chi connectivity index (χ1) is 9.95. The number of amides is 1. The van der Waals surface area contributed by atoms with E-state index in [-0.39, 0.29) is 5.91 Å². The summed E-state index contributed by atoms with van der Waals surface area (Å²) in [6.45, 7) is 3.94. The molecule has 0 aliphatic heterocycles. The van der Waals surface area contributed by atoms with E-state index in [0.717, 1.165) is 0 Å². The van der Waals surface area contributed by atoms with Crippen LogP contribution in [0.5, 0.6) is 5.88 Å². The molecule has 1 aromatic rings. The van der Waals surface area contributed by atoms with Crippen LogP contribution in [0.25, 0.3) is 0 Å². The molecule has 7 heteroatoms. The van der Waals surface area contributed by atoms with Gasteiger partial charge in [0.1, 0.15) is 6.61 Å². The molecular formula is C14H20N2O5. The number of aromatic nitrogens is 1. The van der Waals surface area contributed by atoms with Gasteiger partial charge in [0.2, 0.25) is 5.88 Å². The third kappa shape index (κ3) is 5.39. The number of nitrogens with zero attached hydrogens (tertiary/aromatic N) is 1. The zero-order valence-electron chi connectivity index (χ0n) is 12.3. The molecular weight excluding hydrogens is 276 g/mol. The fraction of sp³-hybridized carbons (Fsp3) is 0.500. The quantitative estimate of drug-likeness (QED) is 0.693. The van der Waals surface area contributed by atoms with E-state index in [4.69, 9.17) is 14.6 Å². The number of pyridine rings is 1. The van der Waals surface area contributed by atoms with Crippen LogP contribution in [0.3, 0.4) is 0 Å². The maximum atomic E-state index is 12.1. The summed E-state index contributed by atoms with van der Waals surface area (Å²) in [4.78, 5) is 26.9. The van der Waals surface area contributed by atoms with Gasteiger partial charge in [-0.3, -0.25) is 9.59 Å². The molecule has 1 rings (SSSR count). The number of rotatable bonds is 8. The number of hydrogen-bond donors (Lipinski definition) is 2. The van der Waals surface area contributed by atoms with Crippen LogP contribution in [0.15, 0.2) is 18.3 Å². The Hall–Kier alpha value is -2.15. The summed E-state index contributed by atoms with van der Waals surface area (Å²) in [6.07, 6.45) is 1.46. The molecule has 2 N–H and O–H groups in total. The predicted molar refractivity (Wildman–Crippen MR) is 75.3 cm³/mol. The van der Waals surface area contributed by atoms with Crippen LogP contribution < -0.4 is 10.1 Å². The number of methoxy groups -OCH3 is 1. The van der Waals surface area contributed by atoms with Gasteiger partial charge in [-0.15, -0.1) is 0 Å². The zero-order valence-corrected chi connectivity index (χ0v) is 12.3. The van der Waals surface area contributed by atoms with Gasteiger partial charge in [0.15, 0.2) is 0 Å². The van der Waals surface area contributed by atoms with Crippen molar-refractivity contribution >= 4 is 11.9 Å². The minimum Gasteiger partial charge on any atom is -0.481 e. The smallest absolute Gasteiger partial charge is 0.308 e. The minimum atomic E-state index is -0.957. The molecule has 0 fully saturated rings. The van der Waals surface area contributed by atoms with E-state index < -0.39 is 17.9 Å². The Balaban J connectivity index is 2.65. The second-order valence-electron chi connectivity index (χ2n) is 4.61. The molecule has 0 saturated carbocycles. The Kier molecular flexibility index (Phi) is 6.61. The molecule has 21 heavy (non-hydrogen) atoms. The number of hydrogen-bond acceptors (Lipinski definition) is 5.